The van der Waals surface area contributed by atoms with Crippen LogP contribution in [0, 0.1) is 5.92 Å². The van der Waals surface area contributed by atoms with Gasteiger partial charge in [0.25, 0.3) is 5.91 Å². The number of piperidine rings is 1. The number of hydrogen-bond donors (Lipinski definition) is 3. The van der Waals surface area contributed by atoms with E-state index >= 15 is 0 Å². The smallest absolute Gasteiger partial charge is 0.260 e. The molecule has 0 bridgehead atoms. The van der Waals surface area contributed by atoms with Crippen molar-refractivity contribution in [1.82, 2.24) is 20.2 Å². The van der Waals surface area contributed by atoms with Gasteiger partial charge in [0, 0.05) is 24.2 Å². The van der Waals surface area contributed by atoms with Crippen molar-refractivity contribution in [3.8, 4) is 0 Å². The molecular formula is C21H26N6O. The lowest BCUT2D eigenvalue weighted by atomic mass is 9.87. The fraction of sp³-hybridized carbons (Fsp3) is 0.476. The number of H-pyrrole nitrogens is 2. The molecule has 1 amide bonds. The van der Waals surface area contributed by atoms with Crippen LogP contribution in [0.3, 0.4) is 0 Å². The minimum atomic E-state index is -0.168. The number of aryl methyl sites for hydroxylation is 1. The van der Waals surface area contributed by atoms with Crippen LogP contribution >= 0.6 is 0 Å². The van der Waals surface area contributed by atoms with Gasteiger partial charge in [-0.3, -0.25) is 10.1 Å². The molecule has 1 atom stereocenters. The van der Waals surface area contributed by atoms with Gasteiger partial charge < -0.3 is 9.88 Å². The molecule has 146 valence electrons. The maximum absolute atomic E-state index is 13.0. The van der Waals surface area contributed by atoms with E-state index in [0.29, 0.717) is 23.4 Å². The molecule has 0 spiro atoms. The summed E-state index contributed by atoms with van der Waals surface area (Å²) in [7, 11) is 0. The SMILES string of the molecule is CC1CCc2[nH]c3c(C(=O)Nc4nc(N5CCCCC5)n[nH]4)cccc3c2C1. The molecule has 3 aromatic rings. The number of aromatic nitrogens is 4. The van der Waals surface area contributed by atoms with Gasteiger partial charge in [-0.15, -0.1) is 5.10 Å². The Kier molecular flexibility index (Phi) is 4.30. The highest BCUT2D eigenvalue weighted by Crippen LogP contribution is 2.33. The Balaban J connectivity index is 1.40. The van der Waals surface area contributed by atoms with Gasteiger partial charge in [0.15, 0.2) is 0 Å². The predicted octanol–water partition coefficient (Wildman–Crippen LogP) is 3.65. The second-order valence-electron chi connectivity index (χ2n) is 8.14. The second-order valence-corrected chi connectivity index (χ2v) is 8.14. The Morgan fingerprint density at radius 1 is 1.25 bits per heavy atom. The summed E-state index contributed by atoms with van der Waals surface area (Å²) >= 11 is 0. The van der Waals surface area contributed by atoms with Crippen LogP contribution in [0.1, 0.15) is 54.2 Å². The van der Waals surface area contributed by atoms with E-state index in [0.717, 1.165) is 44.3 Å². The molecule has 1 unspecified atom stereocenters. The van der Waals surface area contributed by atoms with E-state index in [9.17, 15) is 4.79 Å². The molecule has 5 rings (SSSR count). The molecule has 0 radical (unpaired) electrons. The summed E-state index contributed by atoms with van der Waals surface area (Å²) in [6.45, 7) is 4.23. The molecule has 7 nitrogen and oxygen atoms in total. The van der Waals surface area contributed by atoms with Crippen LogP contribution < -0.4 is 10.2 Å². The van der Waals surface area contributed by atoms with Gasteiger partial charge in [-0.2, -0.15) is 4.98 Å². The quantitative estimate of drug-likeness (QED) is 0.649. The summed E-state index contributed by atoms with van der Waals surface area (Å²) in [5, 5.41) is 11.2. The van der Waals surface area contributed by atoms with E-state index in [1.807, 2.05) is 12.1 Å². The van der Waals surface area contributed by atoms with Gasteiger partial charge >= 0.3 is 0 Å². The number of rotatable bonds is 3. The number of carbonyl (C=O) groups is 1. The van der Waals surface area contributed by atoms with E-state index in [4.69, 9.17) is 0 Å². The van der Waals surface area contributed by atoms with Crippen molar-refractivity contribution in [3.63, 3.8) is 0 Å². The maximum Gasteiger partial charge on any atom is 0.260 e. The average Bonchev–Trinajstić information content (AvgIpc) is 3.33. The molecule has 1 fully saturated rings. The van der Waals surface area contributed by atoms with Crippen molar-refractivity contribution < 1.29 is 4.79 Å². The molecule has 1 aliphatic heterocycles. The summed E-state index contributed by atoms with van der Waals surface area (Å²) in [4.78, 5) is 23.1. The van der Waals surface area contributed by atoms with Crippen LogP contribution in [0.2, 0.25) is 0 Å². The van der Waals surface area contributed by atoms with E-state index in [2.05, 4.69) is 43.4 Å². The Labute approximate surface area is 163 Å². The topological polar surface area (TPSA) is 89.7 Å². The van der Waals surface area contributed by atoms with Crippen LogP contribution in [0.5, 0.6) is 0 Å². The fourth-order valence-electron chi connectivity index (χ4n) is 4.52. The lowest BCUT2D eigenvalue weighted by Gasteiger charge is -2.24. The minimum absolute atomic E-state index is 0.168. The lowest BCUT2D eigenvalue weighted by Crippen LogP contribution is -2.30. The van der Waals surface area contributed by atoms with Crippen molar-refractivity contribution in [1.29, 1.82) is 0 Å². The largest absolute Gasteiger partial charge is 0.358 e. The molecular weight excluding hydrogens is 352 g/mol. The zero-order chi connectivity index (χ0) is 19.1. The van der Waals surface area contributed by atoms with Crippen LogP contribution in [-0.2, 0) is 12.8 Å². The Morgan fingerprint density at radius 3 is 2.96 bits per heavy atom. The molecule has 3 N–H and O–H groups in total. The first kappa shape index (κ1) is 17.3. The molecule has 0 saturated carbocycles. The van der Waals surface area contributed by atoms with Gasteiger partial charge in [0.1, 0.15) is 0 Å². The van der Waals surface area contributed by atoms with Crippen LogP contribution in [0.25, 0.3) is 10.9 Å². The third kappa shape index (κ3) is 3.04. The number of fused-ring (bicyclic) bond motifs is 3. The van der Waals surface area contributed by atoms with E-state index in [1.165, 1.54) is 29.5 Å². The molecule has 1 saturated heterocycles. The van der Waals surface area contributed by atoms with Crippen LogP contribution in [-0.4, -0.2) is 39.2 Å². The maximum atomic E-state index is 13.0. The van der Waals surface area contributed by atoms with Crippen molar-refractivity contribution >= 4 is 28.7 Å². The Morgan fingerprint density at radius 2 is 2.11 bits per heavy atom. The molecule has 1 aromatic carbocycles. The first-order valence-corrected chi connectivity index (χ1v) is 10.3. The van der Waals surface area contributed by atoms with Gasteiger partial charge in [0.2, 0.25) is 11.9 Å². The summed E-state index contributed by atoms with van der Waals surface area (Å²) in [5.41, 5.74) is 4.22. The number of hydrogen-bond acceptors (Lipinski definition) is 4. The monoisotopic (exact) mass is 378 g/mol. The highest BCUT2D eigenvalue weighted by molar-refractivity contribution is 6.12. The van der Waals surface area contributed by atoms with E-state index in [1.54, 1.807) is 0 Å². The highest BCUT2D eigenvalue weighted by atomic mass is 16.1. The third-order valence-electron chi connectivity index (χ3n) is 6.06. The number of amides is 1. The number of para-hydroxylation sites is 1. The summed E-state index contributed by atoms with van der Waals surface area (Å²) in [6.07, 6.45) is 6.89. The zero-order valence-electron chi connectivity index (χ0n) is 16.2. The first-order valence-electron chi connectivity index (χ1n) is 10.3. The van der Waals surface area contributed by atoms with Crippen molar-refractivity contribution in [2.24, 2.45) is 5.92 Å². The zero-order valence-corrected chi connectivity index (χ0v) is 16.2. The first-order chi connectivity index (χ1) is 13.7. The minimum Gasteiger partial charge on any atom is -0.358 e. The predicted molar refractivity (Wildman–Crippen MR) is 110 cm³/mol. The van der Waals surface area contributed by atoms with Gasteiger partial charge in [-0.05, 0) is 56.1 Å². The number of anilines is 2. The van der Waals surface area contributed by atoms with Gasteiger partial charge in [0.05, 0.1) is 11.1 Å². The summed E-state index contributed by atoms with van der Waals surface area (Å²) < 4.78 is 0. The second kappa shape index (κ2) is 6.96. The molecule has 3 heterocycles. The lowest BCUT2D eigenvalue weighted by molar-refractivity contribution is 0.102. The third-order valence-corrected chi connectivity index (χ3v) is 6.06. The normalized spacial score (nSPS) is 19.6. The van der Waals surface area contributed by atoms with E-state index in [-0.39, 0.29) is 5.91 Å². The molecule has 28 heavy (non-hydrogen) atoms. The van der Waals surface area contributed by atoms with Gasteiger partial charge in [-0.1, -0.05) is 19.1 Å². The number of benzene rings is 1. The fourth-order valence-corrected chi connectivity index (χ4v) is 4.52. The average molecular weight is 378 g/mol. The van der Waals surface area contributed by atoms with E-state index < -0.39 is 0 Å². The van der Waals surface area contributed by atoms with Crippen molar-refractivity contribution in [3.05, 3.63) is 35.0 Å². The van der Waals surface area contributed by atoms with Crippen LogP contribution in [0.4, 0.5) is 11.9 Å². The number of nitrogens with zero attached hydrogens (tertiary/aromatic N) is 3. The number of carbonyl (C=O) groups excluding carboxylic acids is 1. The Hall–Kier alpha value is -2.83. The standard InChI is InChI=1S/C21H26N6O/c1-13-8-9-17-16(12-13)14-6-5-7-15(18(14)22-17)19(28)23-20-24-21(26-25-20)27-10-3-2-4-11-27/h5-7,13,22H,2-4,8-12H2,1H3,(H2,23,24,25,26,28). The Bertz CT molecular complexity index is 1010. The van der Waals surface area contributed by atoms with Crippen molar-refractivity contribution in [2.45, 2.75) is 45.4 Å². The number of aromatic amines is 2. The summed E-state index contributed by atoms with van der Waals surface area (Å²) in [6, 6.07) is 5.94. The van der Waals surface area contributed by atoms with Crippen LogP contribution in [0.15, 0.2) is 18.2 Å². The molecule has 7 heteroatoms. The molecule has 1 aliphatic carbocycles. The molecule has 2 aromatic heterocycles. The number of nitrogens with one attached hydrogen (secondary N) is 3. The summed E-state index contributed by atoms with van der Waals surface area (Å²) in [5.74, 6) is 1.58. The molecule has 2 aliphatic rings. The van der Waals surface area contributed by atoms with Crippen molar-refractivity contribution in [2.75, 3.05) is 23.3 Å². The highest BCUT2D eigenvalue weighted by Gasteiger charge is 2.23. The van der Waals surface area contributed by atoms with Gasteiger partial charge in [-0.25, -0.2) is 5.10 Å².